The number of hydrogen-bond donors (Lipinski definition) is 0. The van der Waals surface area contributed by atoms with Crippen molar-refractivity contribution < 1.29 is 38.0 Å². The zero-order valence-electron chi connectivity index (χ0n) is 19.0. The van der Waals surface area contributed by atoms with E-state index in [-0.39, 0.29) is 35.2 Å². The van der Waals surface area contributed by atoms with E-state index in [1.54, 1.807) is 18.2 Å². The molecule has 2 aromatic rings. The molecule has 0 saturated heterocycles. The van der Waals surface area contributed by atoms with E-state index in [4.69, 9.17) is 28.4 Å². The van der Waals surface area contributed by atoms with Crippen molar-refractivity contribution >= 4 is 27.7 Å². The van der Waals surface area contributed by atoms with Crippen LogP contribution in [0.15, 0.2) is 52.9 Å². The molecule has 1 aliphatic heterocycles. The molecule has 8 nitrogen and oxygen atoms in total. The highest BCUT2D eigenvalue weighted by molar-refractivity contribution is 9.10. The van der Waals surface area contributed by atoms with Gasteiger partial charge < -0.3 is 28.4 Å². The number of Topliss-reactive ketones (excluding diaryl/α,β-unsaturated/α-hetero) is 1. The van der Waals surface area contributed by atoms with E-state index < -0.39 is 5.97 Å². The third kappa shape index (κ3) is 4.84. The van der Waals surface area contributed by atoms with Gasteiger partial charge in [0.2, 0.25) is 17.3 Å². The van der Waals surface area contributed by atoms with Crippen LogP contribution in [-0.4, -0.2) is 45.3 Å². The van der Waals surface area contributed by atoms with E-state index >= 15 is 0 Å². The summed E-state index contributed by atoms with van der Waals surface area (Å²) < 4.78 is 34.0. The van der Waals surface area contributed by atoms with Crippen molar-refractivity contribution in [3.63, 3.8) is 0 Å². The Labute approximate surface area is 205 Å². The number of esters is 1. The summed E-state index contributed by atoms with van der Waals surface area (Å²) in [6.45, 7) is 0. The van der Waals surface area contributed by atoms with E-state index in [9.17, 15) is 9.59 Å². The third-order valence-electron chi connectivity index (χ3n) is 5.90. The number of rotatable bonds is 7. The van der Waals surface area contributed by atoms with Crippen molar-refractivity contribution in [2.45, 2.75) is 31.5 Å². The number of methoxy groups -OCH3 is 3. The highest BCUT2D eigenvalue weighted by Gasteiger charge is 2.42. The van der Waals surface area contributed by atoms with Gasteiger partial charge in [0.1, 0.15) is 24.2 Å². The van der Waals surface area contributed by atoms with Crippen LogP contribution in [0.1, 0.15) is 29.6 Å². The number of fused-ring (bicyclic) bond motifs is 1. The van der Waals surface area contributed by atoms with Gasteiger partial charge in [-0.2, -0.15) is 0 Å². The predicted octanol–water partition coefficient (Wildman–Crippen LogP) is 4.69. The molecule has 180 valence electrons. The second-order valence-corrected chi connectivity index (χ2v) is 8.77. The molecular weight excluding hydrogens is 508 g/mol. The van der Waals surface area contributed by atoms with Crippen LogP contribution in [-0.2, 0) is 14.3 Å². The van der Waals surface area contributed by atoms with Crippen molar-refractivity contribution in [1.29, 1.82) is 0 Å². The SMILES string of the molecule is COc1cc(C(=O)OC2CCC3C(=O)C(Oc4ccccc4Br)=COC3C2)cc(OC)c1OC. The van der Waals surface area contributed by atoms with Crippen molar-refractivity contribution in [3.05, 3.63) is 58.5 Å². The summed E-state index contributed by atoms with van der Waals surface area (Å²) in [4.78, 5) is 25.8. The van der Waals surface area contributed by atoms with Crippen molar-refractivity contribution in [2.75, 3.05) is 21.3 Å². The first-order valence-corrected chi connectivity index (χ1v) is 11.6. The minimum atomic E-state index is -0.515. The fraction of sp³-hybridized carbons (Fsp3) is 0.360. The van der Waals surface area contributed by atoms with E-state index in [0.717, 1.165) is 4.47 Å². The van der Waals surface area contributed by atoms with Crippen LogP contribution in [0.25, 0.3) is 0 Å². The number of ether oxygens (including phenoxy) is 6. The van der Waals surface area contributed by atoms with Gasteiger partial charge in [0.25, 0.3) is 0 Å². The van der Waals surface area contributed by atoms with Crippen LogP contribution in [0.3, 0.4) is 0 Å². The molecule has 1 heterocycles. The van der Waals surface area contributed by atoms with Crippen LogP contribution in [0.4, 0.5) is 0 Å². The van der Waals surface area contributed by atoms with Crippen LogP contribution < -0.4 is 18.9 Å². The van der Waals surface area contributed by atoms with Crippen molar-refractivity contribution in [3.8, 4) is 23.0 Å². The molecule has 0 radical (unpaired) electrons. The summed E-state index contributed by atoms with van der Waals surface area (Å²) in [6, 6.07) is 10.4. The first kappa shape index (κ1) is 23.9. The van der Waals surface area contributed by atoms with Gasteiger partial charge >= 0.3 is 5.97 Å². The standard InChI is InChI=1S/C25H25BrO8/c1-29-20-10-14(11-21(30-2)24(20)31-3)25(28)33-15-8-9-16-19(12-15)32-13-22(23(16)27)34-18-7-5-4-6-17(18)26/h4-7,10-11,13,15-16,19H,8-9,12H2,1-3H3. The number of carbonyl (C=O) groups is 2. The second kappa shape index (κ2) is 10.4. The Morgan fingerprint density at radius 1 is 1.00 bits per heavy atom. The van der Waals surface area contributed by atoms with Crippen LogP contribution >= 0.6 is 15.9 Å². The van der Waals surface area contributed by atoms with Crippen LogP contribution in [0.5, 0.6) is 23.0 Å². The molecule has 3 unspecified atom stereocenters. The molecule has 0 bridgehead atoms. The maximum absolute atomic E-state index is 13.0. The molecule has 1 aliphatic carbocycles. The van der Waals surface area contributed by atoms with Crippen LogP contribution in [0.2, 0.25) is 0 Å². The number of allylic oxidation sites excluding steroid dienone is 1. The monoisotopic (exact) mass is 532 g/mol. The number of ketones is 1. The highest BCUT2D eigenvalue weighted by Crippen LogP contribution is 2.39. The van der Waals surface area contributed by atoms with E-state index in [1.807, 2.05) is 18.2 Å². The molecule has 0 aromatic heterocycles. The summed E-state index contributed by atoms with van der Waals surface area (Å²) in [7, 11) is 4.45. The first-order chi connectivity index (χ1) is 16.4. The molecule has 3 atom stereocenters. The fourth-order valence-corrected chi connectivity index (χ4v) is 4.54. The van der Waals surface area contributed by atoms with Gasteiger partial charge in [-0.3, -0.25) is 4.79 Å². The number of carbonyl (C=O) groups excluding carboxylic acids is 2. The first-order valence-electron chi connectivity index (χ1n) is 10.8. The fourth-order valence-electron chi connectivity index (χ4n) is 4.18. The minimum absolute atomic E-state index is 0.110. The van der Waals surface area contributed by atoms with E-state index in [1.165, 1.54) is 27.6 Å². The molecule has 0 amide bonds. The van der Waals surface area contributed by atoms with Gasteiger partial charge in [-0.05, 0) is 53.0 Å². The zero-order chi connectivity index (χ0) is 24.2. The Morgan fingerprint density at radius 3 is 2.35 bits per heavy atom. The zero-order valence-corrected chi connectivity index (χ0v) is 20.6. The van der Waals surface area contributed by atoms with Crippen molar-refractivity contribution in [1.82, 2.24) is 0 Å². The molecule has 0 N–H and O–H groups in total. The summed E-state index contributed by atoms with van der Waals surface area (Å²) in [5, 5.41) is 0. The van der Waals surface area contributed by atoms with Gasteiger partial charge in [-0.25, -0.2) is 4.79 Å². The average molecular weight is 533 g/mol. The summed E-state index contributed by atoms with van der Waals surface area (Å²) in [5.41, 5.74) is 0.279. The molecule has 9 heteroatoms. The summed E-state index contributed by atoms with van der Waals surface area (Å²) >= 11 is 3.41. The largest absolute Gasteiger partial charge is 0.493 e. The molecule has 4 rings (SSSR count). The van der Waals surface area contributed by atoms with Gasteiger partial charge in [0, 0.05) is 6.42 Å². The molecule has 2 aliphatic rings. The average Bonchev–Trinajstić information content (AvgIpc) is 2.85. The van der Waals surface area contributed by atoms with Gasteiger partial charge in [-0.15, -0.1) is 0 Å². The molecule has 2 aromatic carbocycles. The lowest BCUT2D eigenvalue weighted by molar-refractivity contribution is -0.132. The normalized spacial score (nSPS) is 21.5. The number of para-hydroxylation sites is 1. The summed E-state index contributed by atoms with van der Waals surface area (Å²) in [6.07, 6.45) is 2.05. The number of halogens is 1. The Morgan fingerprint density at radius 2 is 1.71 bits per heavy atom. The minimum Gasteiger partial charge on any atom is -0.493 e. The number of benzene rings is 2. The lowest BCUT2D eigenvalue weighted by atomic mass is 9.80. The Bertz CT molecular complexity index is 1090. The molecule has 1 saturated carbocycles. The Kier molecular flexibility index (Phi) is 7.31. The van der Waals surface area contributed by atoms with Crippen molar-refractivity contribution in [2.24, 2.45) is 5.92 Å². The molecule has 0 spiro atoms. The Balaban J connectivity index is 1.42. The second-order valence-electron chi connectivity index (χ2n) is 7.91. The van der Waals surface area contributed by atoms with Gasteiger partial charge in [-0.1, -0.05) is 12.1 Å². The smallest absolute Gasteiger partial charge is 0.338 e. The molecule has 34 heavy (non-hydrogen) atoms. The maximum atomic E-state index is 13.0. The topological polar surface area (TPSA) is 89.5 Å². The maximum Gasteiger partial charge on any atom is 0.338 e. The predicted molar refractivity (Wildman–Crippen MR) is 125 cm³/mol. The lowest BCUT2D eigenvalue weighted by Crippen LogP contribution is -2.43. The lowest BCUT2D eigenvalue weighted by Gasteiger charge is -2.36. The number of hydrogen-bond acceptors (Lipinski definition) is 8. The molecular formula is C25H25BrO8. The summed E-state index contributed by atoms with van der Waals surface area (Å²) in [5.74, 6) is 0.850. The quantitative estimate of drug-likeness (QED) is 0.474. The molecule has 1 fully saturated rings. The van der Waals surface area contributed by atoms with Gasteiger partial charge in [0.05, 0.1) is 37.3 Å². The van der Waals surface area contributed by atoms with Crippen LogP contribution in [0, 0.1) is 5.92 Å². The van der Waals surface area contributed by atoms with E-state index in [0.29, 0.717) is 42.3 Å². The third-order valence-corrected chi connectivity index (χ3v) is 6.56. The van der Waals surface area contributed by atoms with E-state index in [2.05, 4.69) is 15.9 Å². The Hall–Kier alpha value is -3.20. The van der Waals surface area contributed by atoms with Gasteiger partial charge in [0.15, 0.2) is 11.5 Å². The highest BCUT2D eigenvalue weighted by atomic mass is 79.9.